The normalized spacial score (nSPS) is 14.9. The standard InChI is InChI=1S/C27H29ClN4O2/c1-20(29-27(34)24-9-5-6-10-25(24)28)26(33)30-22-11-13-23(14-12-22)32-17-15-31(16-18-32)19-21-7-3-2-4-8-21/h2-14,20H,15-19H2,1H3,(H,29,34)(H,30,33)/t20-/m0/s1. The third kappa shape index (κ3) is 6.16. The molecule has 0 bridgehead atoms. The summed E-state index contributed by atoms with van der Waals surface area (Å²) < 4.78 is 0. The van der Waals surface area contributed by atoms with E-state index in [0.717, 1.165) is 38.4 Å². The molecule has 1 saturated heterocycles. The van der Waals surface area contributed by atoms with Crippen molar-refractivity contribution in [2.45, 2.75) is 19.5 Å². The Labute approximate surface area is 205 Å². The fourth-order valence-corrected chi connectivity index (χ4v) is 4.22. The number of benzene rings is 3. The van der Waals surface area contributed by atoms with E-state index in [4.69, 9.17) is 11.6 Å². The molecule has 3 aromatic carbocycles. The Morgan fingerprint density at radius 1 is 0.882 bits per heavy atom. The summed E-state index contributed by atoms with van der Waals surface area (Å²) in [7, 11) is 0. The van der Waals surface area contributed by atoms with Gasteiger partial charge >= 0.3 is 0 Å². The molecular formula is C27H29ClN4O2. The zero-order valence-electron chi connectivity index (χ0n) is 19.2. The van der Waals surface area contributed by atoms with Gasteiger partial charge in [0, 0.05) is 44.1 Å². The average molecular weight is 477 g/mol. The van der Waals surface area contributed by atoms with E-state index in [2.05, 4.69) is 44.7 Å². The van der Waals surface area contributed by atoms with Gasteiger partial charge in [0.1, 0.15) is 6.04 Å². The molecule has 0 unspecified atom stereocenters. The highest BCUT2D eigenvalue weighted by Crippen LogP contribution is 2.20. The fourth-order valence-electron chi connectivity index (χ4n) is 4.00. The average Bonchev–Trinajstić information content (AvgIpc) is 2.86. The van der Waals surface area contributed by atoms with E-state index >= 15 is 0 Å². The number of anilines is 2. The molecule has 0 spiro atoms. The van der Waals surface area contributed by atoms with E-state index in [9.17, 15) is 9.59 Å². The fraction of sp³-hybridized carbons (Fsp3) is 0.259. The van der Waals surface area contributed by atoms with E-state index < -0.39 is 6.04 Å². The topological polar surface area (TPSA) is 64.7 Å². The van der Waals surface area contributed by atoms with Gasteiger partial charge in [-0.05, 0) is 48.9 Å². The first kappa shape index (κ1) is 23.8. The third-order valence-electron chi connectivity index (χ3n) is 5.98. The quantitative estimate of drug-likeness (QED) is 0.530. The third-order valence-corrected chi connectivity index (χ3v) is 6.31. The Hall–Kier alpha value is -3.35. The van der Waals surface area contributed by atoms with Crippen molar-refractivity contribution >= 4 is 34.8 Å². The highest BCUT2D eigenvalue weighted by atomic mass is 35.5. The van der Waals surface area contributed by atoms with Crippen LogP contribution in [-0.4, -0.2) is 48.9 Å². The first-order chi connectivity index (χ1) is 16.5. The van der Waals surface area contributed by atoms with Crippen molar-refractivity contribution in [1.29, 1.82) is 0 Å². The van der Waals surface area contributed by atoms with Crippen LogP contribution in [0.25, 0.3) is 0 Å². The molecule has 7 heteroatoms. The first-order valence-corrected chi connectivity index (χ1v) is 11.8. The van der Waals surface area contributed by atoms with Crippen LogP contribution in [0.3, 0.4) is 0 Å². The summed E-state index contributed by atoms with van der Waals surface area (Å²) in [5, 5.41) is 5.91. The molecule has 4 rings (SSSR count). The van der Waals surface area contributed by atoms with Crippen molar-refractivity contribution in [3.63, 3.8) is 0 Å². The van der Waals surface area contributed by atoms with Crippen molar-refractivity contribution in [3.8, 4) is 0 Å². The molecule has 1 atom stereocenters. The zero-order valence-corrected chi connectivity index (χ0v) is 20.0. The lowest BCUT2D eigenvalue weighted by Crippen LogP contribution is -2.45. The second kappa shape index (κ2) is 11.2. The Kier molecular flexibility index (Phi) is 7.83. The van der Waals surface area contributed by atoms with Crippen molar-refractivity contribution < 1.29 is 9.59 Å². The molecule has 6 nitrogen and oxygen atoms in total. The van der Waals surface area contributed by atoms with Crippen LogP contribution in [-0.2, 0) is 11.3 Å². The molecule has 0 aliphatic carbocycles. The Bertz CT molecular complexity index is 1110. The maximum Gasteiger partial charge on any atom is 0.253 e. The Morgan fingerprint density at radius 3 is 2.21 bits per heavy atom. The molecule has 0 aromatic heterocycles. The largest absolute Gasteiger partial charge is 0.369 e. The van der Waals surface area contributed by atoms with E-state index in [-0.39, 0.29) is 11.8 Å². The van der Waals surface area contributed by atoms with Crippen LogP contribution in [0.15, 0.2) is 78.9 Å². The number of piperazine rings is 1. The molecule has 1 aliphatic heterocycles. The molecule has 3 aromatic rings. The number of rotatable bonds is 7. The lowest BCUT2D eigenvalue weighted by molar-refractivity contribution is -0.117. The molecule has 34 heavy (non-hydrogen) atoms. The maximum absolute atomic E-state index is 12.6. The molecule has 1 fully saturated rings. The van der Waals surface area contributed by atoms with Gasteiger partial charge in [-0.1, -0.05) is 54.1 Å². The number of hydrogen-bond acceptors (Lipinski definition) is 4. The molecule has 176 valence electrons. The van der Waals surface area contributed by atoms with Crippen LogP contribution in [0.4, 0.5) is 11.4 Å². The second-order valence-corrected chi connectivity index (χ2v) is 8.87. The Balaban J connectivity index is 1.26. The van der Waals surface area contributed by atoms with Crippen LogP contribution in [0.1, 0.15) is 22.8 Å². The number of carbonyl (C=O) groups is 2. The van der Waals surface area contributed by atoms with Gasteiger partial charge in [-0.2, -0.15) is 0 Å². The van der Waals surface area contributed by atoms with Crippen LogP contribution in [0, 0.1) is 0 Å². The van der Waals surface area contributed by atoms with Crippen molar-refractivity contribution in [1.82, 2.24) is 10.2 Å². The maximum atomic E-state index is 12.6. The van der Waals surface area contributed by atoms with Crippen LogP contribution in [0.5, 0.6) is 0 Å². The molecule has 1 heterocycles. The number of halogens is 1. The first-order valence-electron chi connectivity index (χ1n) is 11.5. The highest BCUT2D eigenvalue weighted by molar-refractivity contribution is 6.33. The van der Waals surface area contributed by atoms with Gasteiger partial charge < -0.3 is 15.5 Å². The summed E-state index contributed by atoms with van der Waals surface area (Å²) in [6.45, 7) is 6.57. The van der Waals surface area contributed by atoms with Gasteiger partial charge in [0.15, 0.2) is 0 Å². The van der Waals surface area contributed by atoms with E-state index in [0.29, 0.717) is 16.3 Å². The lowest BCUT2D eigenvalue weighted by atomic mass is 10.2. The monoisotopic (exact) mass is 476 g/mol. The summed E-state index contributed by atoms with van der Waals surface area (Å²) in [6, 6.07) is 24.4. The smallest absolute Gasteiger partial charge is 0.253 e. The van der Waals surface area contributed by atoms with E-state index in [1.54, 1.807) is 31.2 Å². The number of nitrogens with zero attached hydrogens (tertiary/aromatic N) is 2. The molecule has 0 saturated carbocycles. The van der Waals surface area contributed by atoms with Crippen LogP contribution < -0.4 is 15.5 Å². The summed E-state index contributed by atoms with van der Waals surface area (Å²) >= 11 is 6.07. The van der Waals surface area contributed by atoms with Crippen LogP contribution >= 0.6 is 11.6 Å². The molecule has 1 aliphatic rings. The minimum Gasteiger partial charge on any atom is -0.369 e. The van der Waals surface area contributed by atoms with Gasteiger partial charge in [0.25, 0.3) is 5.91 Å². The van der Waals surface area contributed by atoms with E-state index in [1.807, 2.05) is 30.3 Å². The minimum absolute atomic E-state index is 0.289. The van der Waals surface area contributed by atoms with Gasteiger partial charge in [0.05, 0.1) is 10.6 Å². The number of amides is 2. The predicted octanol–water partition coefficient (Wildman–Crippen LogP) is 4.42. The van der Waals surface area contributed by atoms with Gasteiger partial charge in [-0.3, -0.25) is 14.5 Å². The molecular weight excluding hydrogens is 448 g/mol. The van der Waals surface area contributed by atoms with E-state index in [1.165, 1.54) is 5.56 Å². The SMILES string of the molecule is C[C@H](NC(=O)c1ccccc1Cl)C(=O)Nc1ccc(N2CCN(Cc3ccccc3)CC2)cc1. The number of hydrogen-bond donors (Lipinski definition) is 2. The Morgan fingerprint density at radius 2 is 1.53 bits per heavy atom. The van der Waals surface area contributed by atoms with Gasteiger partial charge in [-0.25, -0.2) is 0 Å². The lowest BCUT2D eigenvalue weighted by Gasteiger charge is -2.36. The van der Waals surface area contributed by atoms with Crippen molar-refractivity contribution in [2.24, 2.45) is 0 Å². The summed E-state index contributed by atoms with van der Waals surface area (Å²) in [5.41, 5.74) is 3.51. The second-order valence-electron chi connectivity index (χ2n) is 8.46. The molecule has 2 N–H and O–H groups in total. The zero-order chi connectivity index (χ0) is 23.9. The van der Waals surface area contributed by atoms with Gasteiger partial charge in [0.2, 0.25) is 5.91 Å². The predicted molar refractivity (Wildman–Crippen MR) is 137 cm³/mol. The van der Waals surface area contributed by atoms with Crippen LogP contribution in [0.2, 0.25) is 5.02 Å². The molecule has 2 amide bonds. The van der Waals surface area contributed by atoms with Crippen molar-refractivity contribution in [2.75, 3.05) is 36.4 Å². The summed E-state index contributed by atoms with van der Waals surface area (Å²) in [6.07, 6.45) is 0. The number of nitrogens with one attached hydrogen (secondary N) is 2. The van der Waals surface area contributed by atoms with Crippen molar-refractivity contribution in [3.05, 3.63) is 95.0 Å². The summed E-state index contributed by atoms with van der Waals surface area (Å²) in [4.78, 5) is 29.8. The highest BCUT2D eigenvalue weighted by Gasteiger charge is 2.19. The number of carbonyl (C=O) groups excluding carboxylic acids is 2. The molecule has 0 radical (unpaired) electrons. The minimum atomic E-state index is -0.707. The summed E-state index contributed by atoms with van der Waals surface area (Å²) in [5.74, 6) is -0.669. The van der Waals surface area contributed by atoms with Gasteiger partial charge in [-0.15, -0.1) is 0 Å².